The van der Waals surface area contributed by atoms with Gasteiger partial charge in [-0.25, -0.2) is 0 Å². The predicted molar refractivity (Wildman–Crippen MR) is 131 cm³/mol. The molecule has 1 aliphatic carbocycles. The summed E-state index contributed by atoms with van der Waals surface area (Å²) in [5.41, 5.74) is 0. The molecule has 0 aromatic carbocycles. The lowest BCUT2D eigenvalue weighted by molar-refractivity contribution is -0.199. The van der Waals surface area contributed by atoms with Crippen LogP contribution in [-0.4, -0.2) is 90.9 Å². The first-order valence-electron chi connectivity index (χ1n) is 13.4. The normalized spacial score (nSPS) is 35.3. The highest BCUT2D eigenvalue weighted by Crippen LogP contribution is 2.31. The molecule has 11 nitrogen and oxygen atoms in total. The van der Waals surface area contributed by atoms with Gasteiger partial charge < -0.3 is 14.0 Å². The smallest absolute Gasteiger partial charge is 0.411 e. The molecular weight excluding hydrogens is 515 g/mol. The third-order valence-electron chi connectivity index (χ3n) is 7.62. The summed E-state index contributed by atoms with van der Waals surface area (Å²) in [4.78, 5) is 0. The molecule has 0 bridgehead atoms. The number of piperidine rings is 2. The Morgan fingerprint density at radius 1 is 0.973 bits per heavy atom. The van der Waals surface area contributed by atoms with E-state index >= 15 is 0 Å². The van der Waals surface area contributed by atoms with Crippen LogP contribution in [0.3, 0.4) is 0 Å². The number of rotatable bonds is 9. The third-order valence-corrected chi connectivity index (χ3v) is 10.0. The minimum atomic E-state index is -4.45. The molecular formula is C22H42F3N7O4S. The van der Waals surface area contributed by atoms with E-state index in [1.165, 1.54) is 0 Å². The molecule has 3 heterocycles. The number of sulfonamides is 1. The first-order chi connectivity index (χ1) is 17.6. The van der Waals surface area contributed by atoms with Crippen LogP contribution < -0.4 is 31.9 Å². The Morgan fingerprint density at radius 2 is 1.62 bits per heavy atom. The topological polar surface area (TPSA) is 134 Å². The van der Waals surface area contributed by atoms with Gasteiger partial charge >= 0.3 is 6.18 Å². The Morgan fingerprint density at radius 3 is 2.24 bits per heavy atom. The highest BCUT2D eigenvalue weighted by molar-refractivity contribution is 7.96. The molecule has 6 atom stereocenters. The molecule has 0 aromatic heterocycles. The van der Waals surface area contributed by atoms with Crippen molar-refractivity contribution >= 4 is 10.4 Å². The summed E-state index contributed by atoms with van der Waals surface area (Å²) in [6.07, 6.45) is 0.669. The molecule has 3 aliphatic heterocycles. The van der Waals surface area contributed by atoms with E-state index in [1.807, 2.05) is 0 Å². The van der Waals surface area contributed by atoms with Gasteiger partial charge in [-0.2, -0.15) is 13.2 Å². The fourth-order valence-corrected chi connectivity index (χ4v) is 7.68. The van der Waals surface area contributed by atoms with Crippen molar-refractivity contribution in [3.8, 4) is 0 Å². The largest absolute Gasteiger partial charge is 0.597 e. The van der Waals surface area contributed by atoms with Gasteiger partial charge in [0.2, 0.25) is 0 Å². The van der Waals surface area contributed by atoms with E-state index in [-0.39, 0.29) is 23.6 Å². The summed E-state index contributed by atoms with van der Waals surface area (Å²) in [6.45, 7) is 0.252. The third kappa shape index (κ3) is 8.76. The molecule has 216 valence electrons. The molecule has 15 heteroatoms. The number of halogens is 3. The van der Waals surface area contributed by atoms with Crippen molar-refractivity contribution < 1.29 is 31.4 Å². The number of alkyl halides is 3. The minimum Gasteiger partial charge on any atom is -0.597 e. The molecule has 37 heavy (non-hydrogen) atoms. The molecule has 4 fully saturated rings. The van der Waals surface area contributed by atoms with Gasteiger partial charge in [-0.05, 0) is 51.5 Å². The molecule has 0 aromatic rings. The summed E-state index contributed by atoms with van der Waals surface area (Å²) in [5.74, 6) is 0. The highest BCUT2D eigenvalue weighted by Gasteiger charge is 2.40. The van der Waals surface area contributed by atoms with Gasteiger partial charge in [0.15, 0.2) is 6.35 Å². The predicted octanol–water partition coefficient (Wildman–Crippen LogP) is 0.444. The summed E-state index contributed by atoms with van der Waals surface area (Å²) in [5, 5.41) is 19.1. The van der Waals surface area contributed by atoms with Crippen molar-refractivity contribution in [3.05, 3.63) is 0 Å². The van der Waals surface area contributed by atoms with E-state index in [0.29, 0.717) is 32.4 Å². The monoisotopic (exact) mass is 557 g/mol. The van der Waals surface area contributed by atoms with Crippen molar-refractivity contribution in [1.82, 2.24) is 36.2 Å². The summed E-state index contributed by atoms with van der Waals surface area (Å²) in [6, 6.07) is 0.0908. The molecule has 3 saturated heterocycles. The summed E-state index contributed by atoms with van der Waals surface area (Å²) in [7, 11) is -1.66. The first-order valence-corrected chi connectivity index (χ1v) is 14.9. The molecule has 0 amide bonds. The minimum absolute atomic E-state index is 0.00146. The molecule has 4 aliphatic rings. The van der Waals surface area contributed by atoms with Crippen LogP contribution in [0.15, 0.2) is 0 Å². The first kappa shape index (κ1) is 29.5. The van der Waals surface area contributed by atoms with Crippen molar-refractivity contribution in [1.29, 1.82) is 0 Å². The standard InChI is InChI=1S/C22H42F3N7O4S/c1-35-18-13-16(7-10-26-18)28-20-29-19(30-21(31-20)36-14-22(23,24)25)27-15-8-11-32(12-9-15)37(33,34)17-5-3-2-4-6-17/h15-21,26-31H,2-14H2,1H3. The van der Waals surface area contributed by atoms with E-state index < -0.39 is 42.1 Å². The van der Waals surface area contributed by atoms with Gasteiger partial charge in [-0.3, -0.25) is 31.9 Å². The Balaban J connectivity index is 1.30. The van der Waals surface area contributed by atoms with Crippen LogP contribution in [0.4, 0.5) is 13.2 Å². The van der Waals surface area contributed by atoms with Gasteiger partial charge in [0.05, 0.1) is 0 Å². The number of ether oxygens (including phenoxy) is 2. The lowest BCUT2D eigenvalue weighted by atomic mass is 10.0. The van der Waals surface area contributed by atoms with Crippen LogP contribution in [-0.2, 0) is 24.1 Å². The molecule has 0 radical (unpaired) electrons. The van der Waals surface area contributed by atoms with Crippen molar-refractivity contribution in [3.63, 3.8) is 0 Å². The number of hydrogen-bond acceptors (Lipinski definition) is 10. The zero-order valence-corrected chi connectivity index (χ0v) is 22.2. The van der Waals surface area contributed by atoms with E-state index in [9.17, 15) is 21.9 Å². The average Bonchev–Trinajstić information content (AvgIpc) is 2.88. The van der Waals surface area contributed by atoms with Crippen LogP contribution in [0, 0.1) is 0 Å². The summed E-state index contributed by atoms with van der Waals surface area (Å²) < 4.78 is 76.6. The molecule has 6 unspecified atom stereocenters. The Hall–Kier alpha value is -0.460. The second kappa shape index (κ2) is 13.3. The lowest BCUT2D eigenvalue weighted by Gasteiger charge is -2.44. The molecule has 4 rings (SSSR count). The maximum Gasteiger partial charge on any atom is 0.411 e. The van der Waals surface area contributed by atoms with Crippen LogP contribution in [0.25, 0.3) is 0 Å². The van der Waals surface area contributed by atoms with Crippen molar-refractivity contribution in [2.75, 3.05) is 33.4 Å². The second-order valence-corrected chi connectivity index (χ2v) is 12.6. The van der Waals surface area contributed by atoms with Gasteiger partial charge in [0.25, 0.3) is 0 Å². The van der Waals surface area contributed by atoms with E-state index in [2.05, 4.69) is 31.9 Å². The molecule has 6 N–H and O–H groups in total. The van der Waals surface area contributed by atoms with Gasteiger partial charge in [-0.15, -0.1) is 4.31 Å². The number of nitrogens with zero attached hydrogens (tertiary/aromatic N) is 1. The van der Waals surface area contributed by atoms with Crippen molar-refractivity contribution in [2.24, 2.45) is 0 Å². The summed E-state index contributed by atoms with van der Waals surface area (Å²) >= 11 is 0. The average molecular weight is 558 g/mol. The number of methoxy groups -OCH3 is 1. The van der Waals surface area contributed by atoms with Gasteiger partial charge in [0.1, 0.15) is 41.1 Å². The van der Waals surface area contributed by atoms with Crippen LogP contribution in [0.5, 0.6) is 0 Å². The zero-order chi connectivity index (χ0) is 26.5. The van der Waals surface area contributed by atoms with Crippen molar-refractivity contribution in [2.45, 2.75) is 106 Å². The molecule has 1 saturated carbocycles. The van der Waals surface area contributed by atoms with E-state index in [4.69, 9.17) is 9.47 Å². The Labute approximate surface area is 218 Å². The SMILES string of the molecule is COC1CC(NC2NC(NC3CCN([S+](=O)([O-])C4CCCCC4)CC3)NC(OCC(F)(F)F)N2)CCN1. The lowest BCUT2D eigenvalue weighted by Crippen LogP contribution is -2.77. The number of nitrogens with one attached hydrogen (secondary N) is 6. The van der Waals surface area contributed by atoms with Gasteiger partial charge in [-0.1, -0.05) is 10.6 Å². The Bertz CT molecular complexity index is 756. The van der Waals surface area contributed by atoms with E-state index in [0.717, 1.165) is 45.1 Å². The van der Waals surface area contributed by atoms with Crippen LogP contribution in [0.1, 0.15) is 57.8 Å². The zero-order valence-electron chi connectivity index (χ0n) is 21.4. The van der Waals surface area contributed by atoms with Gasteiger partial charge in [0, 0.05) is 38.7 Å². The van der Waals surface area contributed by atoms with Crippen LogP contribution in [0.2, 0.25) is 0 Å². The molecule has 0 spiro atoms. The fraction of sp³-hybridized carbons (Fsp3) is 1.00. The van der Waals surface area contributed by atoms with E-state index in [1.54, 1.807) is 11.4 Å². The fourth-order valence-electron chi connectivity index (χ4n) is 5.61. The van der Waals surface area contributed by atoms with Crippen LogP contribution >= 0.6 is 0 Å². The number of hydrogen-bond donors (Lipinski definition) is 6. The maximum atomic E-state index is 13.1. The maximum absolute atomic E-state index is 13.1. The quantitative estimate of drug-likeness (QED) is 0.222. The highest BCUT2D eigenvalue weighted by atomic mass is 32.3. The Kier molecular flexibility index (Phi) is 10.6. The second-order valence-electron chi connectivity index (χ2n) is 10.4.